The number of carbonyl (C=O) groups is 1. The molecule has 10 nitrogen and oxygen atoms in total. The average molecular weight is 592 g/mol. The van der Waals surface area contributed by atoms with E-state index in [4.69, 9.17) is 16.3 Å². The molecule has 0 bridgehead atoms. The van der Waals surface area contributed by atoms with Crippen LogP contribution >= 0.6 is 11.6 Å². The maximum absolute atomic E-state index is 15.1. The van der Waals surface area contributed by atoms with Crippen molar-refractivity contribution >= 4 is 34.2 Å². The SMILES string of the molecule is C=CC(=O)N1CCN(c2nc(=O)n3c4c(c(-c5ccc(F)cc5F)c(Cl)cc24)OCC3Cn2cccn2)C[C@@H]1CC#N. The van der Waals surface area contributed by atoms with Crippen LogP contribution in [0.15, 0.2) is 60.2 Å². The van der Waals surface area contributed by atoms with Gasteiger partial charge in [0.25, 0.3) is 0 Å². The van der Waals surface area contributed by atoms with Gasteiger partial charge in [-0.05, 0) is 30.3 Å². The number of carbonyl (C=O) groups excluding carboxylic acids is 1. The fourth-order valence-electron chi connectivity index (χ4n) is 5.74. The molecule has 0 saturated carbocycles. The fourth-order valence-corrected chi connectivity index (χ4v) is 6.03. The summed E-state index contributed by atoms with van der Waals surface area (Å²) in [5, 5.41) is 14.3. The number of anilines is 1. The van der Waals surface area contributed by atoms with E-state index in [9.17, 15) is 19.2 Å². The Morgan fingerprint density at radius 2 is 2.10 bits per heavy atom. The van der Waals surface area contributed by atoms with Crippen LogP contribution in [0.2, 0.25) is 5.02 Å². The van der Waals surface area contributed by atoms with E-state index >= 15 is 4.39 Å². The normalized spacial score (nSPS) is 18.0. The molecule has 13 heteroatoms. The molecule has 0 spiro atoms. The summed E-state index contributed by atoms with van der Waals surface area (Å²) in [5.41, 5.74) is 0.00605. The van der Waals surface area contributed by atoms with Crippen LogP contribution < -0.4 is 15.3 Å². The van der Waals surface area contributed by atoms with Crippen LogP contribution in [0.1, 0.15) is 12.5 Å². The maximum atomic E-state index is 15.1. The zero-order chi connectivity index (χ0) is 29.5. The van der Waals surface area contributed by atoms with Gasteiger partial charge in [-0.3, -0.25) is 14.0 Å². The third-order valence-electron chi connectivity index (χ3n) is 7.61. The van der Waals surface area contributed by atoms with E-state index in [1.165, 1.54) is 16.7 Å². The Hall–Kier alpha value is -4.76. The number of hydrogen-bond acceptors (Lipinski definition) is 7. The molecular weight excluding hydrogens is 568 g/mol. The second-order valence-electron chi connectivity index (χ2n) is 10.1. The van der Waals surface area contributed by atoms with Crippen molar-refractivity contribution in [2.24, 2.45) is 0 Å². The molecule has 1 saturated heterocycles. The predicted molar refractivity (Wildman–Crippen MR) is 151 cm³/mol. The second-order valence-corrected chi connectivity index (χ2v) is 10.5. The van der Waals surface area contributed by atoms with Gasteiger partial charge in [-0.2, -0.15) is 15.3 Å². The summed E-state index contributed by atoms with van der Waals surface area (Å²) in [7, 11) is 0. The molecule has 4 aromatic rings. The minimum Gasteiger partial charge on any atom is -0.488 e. The summed E-state index contributed by atoms with van der Waals surface area (Å²) in [6.45, 7) is 4.75. The number of hydrogen-bond donors (Lipinski definition) is 0. The van der Waals surface area contributed by atoms with Gasteiger partial charge in [-0.1, -0.05) is 18.2 Å². The Kier molecular flexibility index (Phi) is 7.12. The summed E-state index contributed by atoms with van der Waals surface area (Å²) < 4.78 is 38.2. The molecule has 0 aliphatic carbocycles. The first-order chi connectivity index (χ1) is 20.3. The highest BCUT2D eigenvalue weighted by molar-refractivity contribution is 6.35. The highest BCUT2D eigenvalue weighted by Gasteiger charge is 2.35. The van der Waals surface area contributed by atoms with Crippen molar-refractivity contribution in [1.29, 1.82) is 5.26 Å². The molecule has 2 aliphatic rings. The van der Waals surface area contributed by atoms with Crippen molar-refractivity contribution in [2.45, 2.75) is 25.0 Å². The summed E-state index contributed by atoms with van der Waals surface area (Å²) in [4.78, 5) is 34.1. The summed E-state index contributed by atoms with van der Waals surface area (Å²) in [5.74, 6) is -1.39. The smallest absolute Gasteiger partial charge is 0.350 e. The summed E-state index contributed by atoms with van der Waals surface area (Å²) in [6.07, 6.45) is 4.67. The number of nitriles is 1. The number of rotatable bonds is 6. The molecule has 214 valence electrons. The largest absolute Gasteiger partial charge is 0.488 e. The zero-order valence-corrected chi connectivity index (χ0v) is 23.0. The van der Waals surface area contributed by atoms with Crippen LogP contribution in [0.5, 0.6) is 5.75 Å². The molecule has 2 aromatic carbocycles. The van der Waals surface area contributed by atoms with E-state index in [-0.39, 0.29) is 53.9 Å². The Morgan fingerprint density at radius 1 is 1.26 bits per heavy atom. The van der Waals surface area contributed by atoms with Gasteiger partial charge in [0.05, 0.1) is 41.7 Å². The Bertz CT molecular complexity index is 1820. The van der Waals surface area contributed by atoms with Crippen molar-refractivity contribution in [2.75, 3.05) is 31.1 Å². The zero-order valence-electron chi connectivity index (χ0n) is 22.2. The van der Waals surface area contributed by atoms with Gasteiger partial charge in [-0.15, -0.1) is 0 Å². The van der Waals surface area contributed by atoms with Crippen LogP contribution in [-0.4, -0.2) is 62.4 Å². The standard InChI is InChI=1S/C29H24ClF2N7O3/c1-2-24(40)38-11-10-36(14-18(38)6-7-33)28-21-13-22(30)25(20-5-4-17(31)12-23(20)32)27-26(21)39(29(41)35-28)19(16-42-27)15-37-9-3-8-34-37/h2-5,8-9,12-13,18-19H,1,6,10-11,14-16H2/t18-,19?/m0/s1. The Balaban J connectivity index is 1.55. The van der Waals surface area contributed by atoms with E-state index < -0.39 is 29.4 Å². The quantitative estimate of drug-likeness (QED) is 0.312. The first-order valence-electron chi connectivity index (χ1n) is 13.2. The molecule has 1 unspecified atom stereocenters. The molecule has 2 aromatic heterocycles. The van der Waals surface area contributed by atoms with E-state index in [0.717, 1.165) is 12.1 Å². The first-order valence-corrected chi connectivity index (χ1v) is 13.6. The van der Waals surface area contributed by atoms with E-state index in [1.807, 2.05) is 4.90 Å². The minimum atomic E-state index is -0.833. The second kappa shape index (κ2) is 10.9. The molecule has 4 heterocycles. The van der Waals surface area contributed by atoms with Gasteiger partial charge in [-0.25, -0.2) is 13.6 Å². The number of amides is 1. The van der Waals surface area contributed by atoms with Crippen molar-refractivity contribution < 1.29 is 18.3 Å². The predicted octanol–water partition coefficient (Wildman–Crippen LogP) is 3.94. The lowest BCUT2D eigenvalue weighted by Crippen LogP contribution is -2.55. The Labute approximate surface area is 243 Å². The third kappa shape index (κ3) is 4.65. The number of benzene rings is 2. The lowest BCUT2D eigenvalue weighted by atomic mass is 9.99. The number of halogens is 3. The minimum absolute atomic E-state index is 0.0202. The maximum Gasteiger partial charge on any atom is 0.350 e. The van der Waals surface area contributed by atoms with Gasteiger partial charge in [0, 0.05) is 54.6 Å². The van der Waals surface area contributed by atoms with Crippen molar-refractivity contribution in [3.05, 3.63) is 82.5 Å². The molecule has 6 rings (SSSR count). The van der Waals surface area contributed by atoms with Crippen molar-refractivity contribution in [1.82, 2.24) is 24.2 Å². The monoisotopic (exact) mass is 591 g/mol. The first kappa shape index (κ1) is 27.4. The molecule has 42 heavy (non-hydrogen) atoms. The number of aromatic nitrogens is 4. The van der Waals surface area contributed by atoms with Gasteiger partial charge in [0.1, 0.15) is 24.1 Å². The van der Waals surface area contributed by atoms with Gasteiger partial charge in [0.15, 0.2) is 5.75 Å². The molecule has 1 amide bonds. The number of nitrogens with zero attached hydrogens (tertiary/aromatic N) is 7. The molecule has 0 N–H and O–H groups in total. The lowest BCUT2D eigenvalue weighted by Gasteiger charge is -2.41. The van der Waals surface area contributed by atoms with Gasteiger partial charge < -0.3 is 14.5 Å². The fraction of sp³-hybridized carbons (Fsp3) is 0.276. The molecule has 0 radical (unpaired) electrons. The van der Waals surface area contributed by atoms with E-state index in [0.29, 0.717) is 29.8 Å². The number of piperazine rings is 1. The van der Waals surface area contributed by atoms with Crippen LogP contribution in [0.3, 0.4) is 0 Å². The van der Waals surface area contributed by atoms with Crippen LogP contribution in [0.4, 0.5) is 14.6 Å². The lowest BCUT2D eigenvalue weighted by molar-refractivity contribution is -0.128. The van der Waals surface area contributed by atoms with E-state index in [2.05, 4.69) is 22.7 Å². The van der Waals surface area contributed by atoms with Crippen molar-refractivity contribution in [3.63, 3.8) is 0 Å². The highest BCUT2D eigenvalue weighted by atomic mass is 35.5. The van der Waals surface area contributed by atoms with E-state index in [1.54, 1.807) is 34.1 Å². The van der Waals surface area contributed by atoms with Crippen LogP contribution in [-0.2, 0) is 11.3 Å². The highest BCUT2D eigenvalue weighted by Crippen LogP contribution is 2.47. The molecular formula is C29H24ClF2N7O3. The van der Waals surface area contributed by atoms with Gasteiger partial charge >= 0.3 is 5.69 Å². The topological polar surface area (TPSA) is 109 Å². The Morgan fingerprint density at radius 3 is 2.81 bits per heavy atom. The van der Waals surface area contributed by atoms with Gasteiger partial charge in [0.2, 0.25) is 5.91 Å². The molecule has 2 atom stereocenters. The average Bonchev–Trinajstić information content (AvgIpc) is 3.49. The summed E-state index contributed by atoms with van der Waals surface area (Å²) in [6, 6.07) is 7.67. The number of ether oxygens (including phenoxy) is 1. The molecule has 2 aliphatic heterocycles. The molecule has 1 fully saturated rings. The summed E-state index contributed by atoms with van der Waals surface area (Å²) >= 11 is 6.78. The van der Waals surface area contributed by atoms with Crippen LogP contribution in [0, 0.1) is 23.0 Å². The third-order valence-corrected chi connectivity index (χ3v) is 7.90. The van der Waals surface area contributed by atoms with Crippen LogP contribution in [0.25, 0.3) is 22.0 Å². The van der Waals surface area contributed by atoms with Crippen molar-refractivity contribution in [3.8, 4) is 22.9 Å².